The second-order valence-electron chi connectivity index (χ2n) is 7.29. The van der Waals surface area contributed by atoms with Gasteiger partial charge in [-0.15, -0.1) is 11.3 Å². The number of hydrogen-bond donors (Lipinski definition) is 3. The Labute approximate surface area is 173 Å². The number of carbonyl (C=O) groups is 2. The largest absolute Gasteiger partial charge is 0.333 e. The predicted octanol–water partition coefficient (Wildman–Crippen LogP) is 3.20. The van der Waals surface area contributed by atoms with Crippen molar-refractivity contribution in [2.24, 2.45) is 5.92 Å². The molecule has 7 nitrogen and oxygen atoms in total. The summed E-state index contributed by atoms with van der Waals surface area (Å²) in [5.74, 6) is 0.372. The molecule has 2 aromatic heterocycles. The summed E-state index contributed by atoms with van der Waals surface area (Å²) in [7, 11) is 0. The van der Waals surface area contributed by atoms with Gasteiger partial charge >= 0.3 is 6.03 Å². The first-order valence-corrected chi connectivity index (χ1v) is 10.4. The number of rotatable bonds is 4. The molecule has 1 aliphatic carbocycles. The van der Waals surface area contributed by atoms with E-state index in [1.807, 2.05) is 42.6 Å². The highest BCUT2D eigenvalue weighted by atomic mass is 32.1. The number of carbonyl (C=O) groups excluding carboxylic acids is 2. The molecule has 0 spiro atoms. The van der Waals surface area contributed by atoms with Crippen LogP contribution in [0.15, 0.2) is 48.8 Å². The van der Waals surface area contributed by atoms with Gasteiger partial charge in [0.2, 0.25) is 0 Å². The maximum absolute atomic E-state index is 12.3. The molecule has 0 radical (unpaired) electrons. The Balaban J connectivity index is 1.27. The molecule has 150 valence electrons. The van der Waals surface area contributed by atoms with Crippen LogP contribution in [0.4, 0.5) is 4.79 Å². The average molecular weight is 410 g/mol. The van der Waals surface area contributed by atoms with Crippen molar-refractivity contribution < 1.29 is 9.59 Å². The normalized spacial score (nSPS) is 15.4. The van der Waals surface area contributed by atoms with E-state index in [0.717, 1.165) is 30.5 Å². The Morgan fingerprint density at radius 1 is 1.24 bits per heavy atom. The Morgan fingerprint density at radius 2 is 2.14 bits per heavy atom. The van der Waals surface area contributed by atoms with Crippen molar-refractivity contribution in [2.75, 3.05) is 0 Å². The monoisotopic (exact) mass is 409 g/mol. The van der Waals surface area contributed by atoms with Crippen LogP contribution < -0.4 is 16.2 Å². The second kappa shape index (κ2) is 8.48. The van der Waals surface area contributed by atoms with Gasteiger partial charge in [0, 0.05) is 23.8 Å². The number of nitrogens with zero attached hydrogens (tertiary/aromatic N) is 2. The molecule has 0 aliphatic heterocycles. The summed E-state index contributed by atoms with van der Waals surface area (Å²) in [5, 5.41) is 6.94. The van der Waals surface area contributed by atoms with E-state index >= 15 is 0 Å². The topological polar surface area (TPSA) is 88.0 Å². The van der Waals surface area contributed by atoms with Crippen LogP contribution >= 0.6 is 11.3 Å². The SMILES string of the molecule is CC1CCc2sc(C(=O)NNC(=O)NCc3cccc(-n4cccn4)c3)cc2C1. The van der Waals surface area contributed by atoms with Crippen LogP contribution in [0.25, 0.3) is 5.69 Å². The van der Waals surface area contributed by atoms with Crippen LogP contribution in [0.5, 0.6) is 0 Å². The lowest BCUT2D eigenvalue weighted by molar-refractivity contribution is 0.0940. The van der Waals surface area contributed by atoms with E-state index in [1.54, 1.807) is 10.9 Å². The van der Waals surface area contributed by atoms with Crippen LogP contribution in [0.3, 0.4) is 0 Å². The van der Waals surface area contributed by atoms with E-state index in [1.165, 1.54) is 21.8 Å². The Hall–Kier alpha value is -3.13. The number of amides is 3. The van der Waals surface area contributed by atoms with E-state index in [4.69, 9.17) is 0 Å². The van der Waals surface area contributed by atoms with Crippen molar-refractivity contribution in [1.29, 1.82) is 0 Å². The third-order valence-corrected chi connectivity index (χ3v) is 6.21. The fraction of sp³-hybridized carbons (Fsp3) is 0.286. The number of aromatic nitrogens is 2. The molecule has 1 aliphatic rings. The average Bonchev–Trinajstić information content (AvgIpc) is 3.40. The molecule has 4 rings (SSSR count). The molecular formula is C21H23N5O2S. The molecule has 1 atom stereocenters. The zero-order chi connectivity index (χ0) is 20.2. The van der Waals surface area contributed by atoms with Crippen molar-refractivity contribution >= 4 is 23.3 Å². The molecule has 3 aromatic rings. The first-order chi connectivity index (χ1) is 14.1. The number of aryl methyl sites for hydroxylation is 1. The lowest BCUT2D eigenvalue weighted by atomic mass is 9.90. The molecule has 2 heterocycles. The summed E-state index contributed by atoms with van der Waals surface area (Å²) < 4.78 is 1.76. The van der Waals surface area contributed by atoms with Crippen molar-refractivity contribution in [2.45, 2.75) is 32.7 Å². The number of hydrazine groups is 1. The molecule has 29 heavy (non-hydrogen) atoms. The number of urea groups is 1. The van der Waals surface area contributed by atoms with Gasteiger partial charge in [-0.1, -0.05) is 19.1 Å². The summed E-state index contributed by atoms with van der Waals surface area (Å²) in [4.78, 5) is 26.3. The van der Waals surface area contributed by atoms with E-state index in [-0.39, 0.29) is 5.91 Å². The van der Waals surface area contributed by atoms with Crippen LogP contribution in [0, 0.1) is 5.92 Å². The highest BCUT2D eigenvalue weighted by Gasteiger charge is 2.20. The smallest absolute Gasteiger partial charge is 0.333 e. The zero-order valence-electron chi connectivity index (χ0n) is 16.1. The van der Waals surface area contributed by atoms with Crippen molar-refractivity contribution in [3.05, 3.63) is 69.7 Å². The summed E-state index contributed by atoms with van der Waals surface area (Å²) in [6.07, 6.45) is 6.78. The van der Waals surface area contributed by atoms with Crippen LogP contribution in [-0.2, 0) is 19.4 Å². The molecule has 0 bridgehead atoms. The van der Waals surface area contributed by atoms with Crippen molar-refractivity contribution in [1.82, 2.24) is 25.9 Å². The molecular weight excluding hydrogens is 386 g/mol. The molecule has 0 fully saturated rings. The minimum atomic E-state index is -0.460. The standard InChI is InChI=1S/C21H23N5O2S/c1-14-6-7-18-16(10-14)12-19(29-18)20(27)24-25-21(28)22-13-15-4-2-5-17(11-15)26-9-3-8-23-26/h2-5,8-9,11-12,14H,6-7,10,13H2,1H3,(H,24,27)(H2,22,25,28). The van der Waals surface area contributed by atoms with Gasteiger partial charge in [0.1, 0.15) is 0 Å². The van der Waals surface area contributed by atoms with E-state index in [0.29, 0.717) is 17.3 Å². The number of fused-ring (bicyclic) bond motifs is 1. The first kappa shape index (κ1) is 19.2. The highest BCUT2D eigenvalue weighted by Crippen LogP contribution is 2.32. The molecule has 0 saturated heterocycles. The van der Waals surface area contributed by atoms with E-state index < -0.39 is 6.03 Å². The molecule has 1 unspecified atom stereocenters. The summed E-state index contributed by atoms with van der Waals surface area (Å²) in [6, 6.07) is 11.1. The minimum Gasteiger partial charge on any atom is -0.333 e. The Kier molecular flexibility index (Phi) is 5.62. The van der Waals surface area contributed by atoms with Gasteiger partial charge in [0.25, 0.3) is 5.91 Å². The lowest BCUT2D eigenvalue weighted by Gasteiger charge is -2.16. The summed E-state index contributed by atoms with van der Waals surface area (Å²) >= 11 is 1.52. The van der Waals surface area contributed by atoms with Crippen LogP contribution in [0.1, 0.15) is 39.0 Å². The highest BCUT2D eigenvalue weighted by molar-refractivity contribution is 7.14. The fourth-order valence-corrected chi connectivity index (χ4v) is 4.55. The Bertz CT molecular complexity index is 1010. The van der Waals surface area contributed by atoms with Crippen LogP contribution in [-0.4, -0.2) is 21.7 Å². The predicted molar refractivity (Wildman–Crippen MR) is 112 cm³/mol. The van der Waals surface area contributed by atoms with Gasteiger partial charge < -0.3 is 5.32 Å². The molecule has 0 saturated carbocycles. The number of thiophene rings is 1. The maximum atomic E-state index is 12.3. The summed E-state index contributed by atoms with van der Waals surface area (Å²) in [5.41, 5.74) is 8.02. The molecule has 3 N–H and O–H groups in total. The van der Waals surface area contributed by atoms with Crippen LogP contribution in [0.2, 0.25) is 0 Å². The molecule has 1 aromatic carbocycles. The van der Waals surface area contributed by atoms with E-state index in [2.05, 4.69) is 28.2 Å². The number of benzene rings is 1. The van der Waals surface area contributed by atoms with Gasteiger partial charge in [-0.25, -0.2) is 14.9 Å². The fourth-order valence-electron chi connectivity index (χ4n) is 3.45. The third kappa shape index (κ3) is 4.65. The first-order valence-electron chi connectivity index (χ1n) is 9.63. The second-order valence-corrected chi connectivity index (χ2v) is 8.43. The van der Waals surface area contributed by atoms with Crippen molar-refractivity contribution in [3.8, 4) is 5.69 Å². The summed E-state index contributed by atoms with van der Waals surface area (Å²) in [6.45, 7) is 2.57. The lowest BCUT2D eigenvalue weighted by Crippen LogP contribution is -2.46. The van der Waals surface area contributed by atoms with Gasteiger partial charge in [-0.3, -0.25) is 10.2 Å². The minimum absolute atomic E-state index is 0.284. The molecule has 8 heteroatoms. The third-order valence-electron chi connectivity index (χ3n) is 4.98. The van der Waals surface area contributed by atoms with Crippen molar-refractivity contribution in [3.63, 3.8) is 0 Å². The number of nitrogens with one attached hydrogen (secondary N) is 3. The number of hydrogen-bond acceptors (Lipinski definition) is 4. The van der Waals surface area contributed by atoms with Gasteiger partial charge in [0.15, 0.2) is 0 Å². The van der Waals surface area contributed by atoms with E-state index in [9.17, 15) is 9.59 Å². The maximum Gasteiger partial charge on any atom is 0.333 e. The molecule has 3 amide bonds. The van der Waals surface area contributed by atoms with Gasteiger partial charge in [0.05, 0.1) is 10.6 Å². The van der Waals surface area contributed by atoms with Gasteiger partial charge in [-0.2, -0.15) is 5.10 Å². The quantitative estimate of drug-likeness (QED) is 0.578. The van der Waals surface area contributed by atoms with Gasteiger partial charge in [-0.05, 0) is 60.6 Å². The zero-order valence-corrected chi connectivity index (χ0v) is 17.0. The Morgan fingerprint density at radius 3 is 2.97 bits per heavy atom.